The number of hydrogen-bond acceptors (Lipinski definition) is 3. The summed E-state index contributed by atoms with van der Waals surface area (Å²) in [5.74, 6) is -0.150. The van der Waals surface area contributed by atoms with Gasteiger partial charge >= 0.3 is 5.97 Å². The highest BCUT2D eigenvalue weighted by molar-refractivity contribution is 5.66. The van der Waals surface area contributed by atoms with Crippen LogP contribution < -0.4 is 0 Å². The van der Waals surface area contributed by atoms with Gasteiger partial charge in [-0.05, 0) is 39.2 Å². The Morgan fingerprint density at radius 2 is 2.37 bits per heavy atom. The fourth-order valence-corrected chi connectivity index (χ4v) is 2.77. The Balaban J connectivity index is 1.84. The second-order valence-electron chi connectivity index (χ2n) is 5.71. The predicted octanol–water partition coefficient (Wildman–Crippen LogP) is 2.15. The van der Waals surface area contributed by atoms with E-state index >= 15 is 0 Å². The largest absolute Gasteiger partial charge is 0.481 e. The Morgan fingerprint density at radius 3 is 3.05 bits per heavy atom. The molecular formula is C14H23N3O2. The molecule has 1 unspecified atom stereocenters. The Bertz CT molecular complexity index is 428. The maximum Gasteiger partial charge on any atom is 0.303 e. The van der Waals surface area contributed by atoms with Gasteiger partial charge in [-0.25, -0.2) is 4.98 Å². The number of imidazole rings is 1. The van der Waals surface area contributed by atoms with Gasteiger partial charge in [-0.1, -0.05) is 0 Å². The van der Waals surface area contributed by atoms with Gasteiger partial charge < -0.3 is 9.67 Å². The molecular weight excluding hydrogens is 242 g/mol. The van der Waals surface area contributed by atoms with Gasteiger partial charge in [-0.15, -0.1) is 0 Å². The number of hydrogen-bond donors (Lipinski definition) is 1. The molecule has 0 aromatic carbocycles. The molecule has 1 aliphatic rings. The summed E-state index contributed by atoms with van der Waals surface area (Å²) in [7, 11) is 0. The minimum absolute atomic E-state index is 0.294. The first-order chi connectivity index (χ1) is 9.06. The van der Waals surface area contributed by atoms with Crippen LogP contribution in [0, 0.1) is 5.92 Å². The van der Waals surface area contributed by atoms with Crippen molar-refractivity contribution >= 4 is 5.97 Å². The zero-order valence-corrected chi connectivity index (χ0v) is 11.7. The summed E-state index contributed by atoms with van der Waals surface area (Å²) in [5, 5.41) is 8.72. The van der Waals surface area contributed by atoms with Crippen molar-refractivity contribution in [3.8, 4) is 0 Å². The number of aliphatic carboxylic acids is 1. The highest BCUT2D eigenvalue weighted by Crippen LogP contribution is 2.23. The molecule has 19 heavy (non-hydrogen) atoms. The van der Waals surface area contributed by atoms with Crippen molar-refractivity contribution in [1.82, 2.24) is 14.5 Å². The van der Waals surface area contributed by atoms with Crippen LogP contribution in [-0.4, -0.2) is 38.6 Å². The van der Waals surface area contributed by atoms with Crippen molar-refractivity contribution in [1.29, 1.82) is 0 Å². The molecule has 1 saturated heterocycles. The van der Waals surface area contributed by atoms with Crippen molar-refractivity contribution in [2.24, 2.45) is 5.92 Å². The van der Waals surface area contributed by atoms with E-state index < -0.39 is 5.97 Å². The molecule has 5 nitrogen and oxygen atoms in total. The first-order valence-electron chi connectivity index (χ1n) is 7.01. The summed E-state index contributed by atoms with van der Waals surface area (Å²) < 4.78 is 2.20. The summed E-state index contributed by atoms with van der Waals surface area (Å²) in [6.45, 7) is 7.31. The van der Waals surface area contributed by atoms with Crippen LogP contribution in [-0.2, 0) is 11.3 Å². The van der Waals surface area contributed by atoms with Crippen molar-refractivity contribution in [2.45, 2.75) is 45.7 Å². The van der Waals surface area contributed by atoms with E-state index in [1.807, 2.05) is 12.5 Å². The second-order valence-corrected chi connectivity index (χ2v) is 5.71. The lowest BCUT2D eigenvalue weighted by atomic mass is 10.0. The van der Waals surface area contributed by atoms with Crippen LogP contribution in [0.25, 0.3) is 0 Å². The van der Waals surface area contributed by atoms with Crippen LogP contribution in [0.3, 0.4) is 0 Å². The minimum atomic E-state index is -0.684. The topological polar surface area (TPSA) is 58.4 Å². The molecule has 0 radical (unpaired) electrons. The van der Waals surface area contributed by atoms with Gasteiger partial charge in [0, 0.05) is 31.7 Å². The van der Waals surface area contributed by atoms with Gasteiger partial charge in [0.05, 0.1) is 12.0 Å². The van der Waals surface area contributed by atoms with Crippen LogP contribution in [0.15, 0.2) is 12.5 Å². The standard InChI is InChI=1S/C14H23N3O2/c1-11(2)17-10-15-7-13(17)9-16-6-5-12(8-16)3-4-14(18)19/h7,10-12H,3-6,8-9H2,1-2H3,(H,18,19). The lowest BCUT2D eigenvalue weighted by Gasteiger charge is -2.18. The lowest BCUT2D eigenvalue weighted by molar-refractivity contribution is -0.137. The van der Waals surface area contributed by atoms with Gasteiger partial charge in [0.1, 0.15) is 0 Å². The number of nitrogens with zero attached hydrogens (tertiary/aromatic N) is 3. The molecule has 5 heteroatoms. The van der Waals surface area contributed by atoms with E-state index in [0.717, 1.165) is 32.5 Å². The Kier molecular flexibility index (Phi) is 4.58. The van der Waals surface area contributed by atoms with E-state index in [1.54, 1.807) is 0 Å². The lowest BCUT2D eigenvalue weighted by Crippen LogP contribution is -2.22. The monoisotopic (exact) mass is 265 g/mol. The fourth-order valence-electron chi connectivity index (χ4n) is 2.77. The Hall–Kier alpha value is -1.36. The molecule has 106 valence electrons. The van der Waals surface area contributed by atoms with E-state index in [2.05, 4.69) is 28.3 Å². The molecule has 2 rings (SSSR count). The maximum absolute atomic E-state index is 10.6. The number of likely N-dealkylation sites (tertiary alicyclic amines) is 1. The van der Waals surface area contributed by atoms with E-state index in [-0.39, 0.29) is 0 Å². The zero-order chi connectivity index (χ0) is 13.8. The molecule has 0 spiro atoms. The van der Waals surface area contributed by atoms with Gasteiger partial charge in [0.2, 0.25) is 0 Å². The molecule has 2 heterocycles. The Labute approximate surface area is 114 Å². The zero-order valence-electron chi connectivity index (χ0n) is 11.7. The Morgan fingerprint density at radius 1 is 1.58 bits per heavy atom. The second kappa shape index (κ2) is 6.19. The quantitative estimate of drug-likeness (QED) is 0.856. The van der Waals surface area contributed by atoms with Crippen LogP contribution in [0.1, 0.15) is 44.8 Å². The van der Waals surface area contributed by atoms with Gasteiger partial charge in [-0.2, -0.15) is 0 Å². The van der Waals surface area contributed by atoms with Crippen molar-refractivity contribution in [3.05, 3.63) is 18.2 Å². The average Bonchev–Trinajstić information content (AvgIpc) is 2.96. The molecule has 1 aliphatic heterocycles. The minimum Gasteiger partial charge on any atom is -0.481 e. The molecule has 1 atom stereocenters. The van der Waals surface area contributed by atoms with E-state index in [0.29, 0.717) is 18.4 Å². The summed E-state index contributed by atoms with van der Waals surface area (Å²) in [6.07, 6.45) is 6.03. The molecule has 0 bridgehead atoms. The van der Waals surface area contributed by atoms with Gasteiger partial charge in [0.25, 0.3) is 0 Å². The third kappa shape index (κ3) is 3.80. The number of carboxylic acid groups (broad SMARTS) is 1. The van der Waals surface area contributed by atoms with Crippen LogP contribution in [0.2, 0.25) is 0 Å². The summed E-state index contributed by atoms with van der Waals surface area (Å²) in [6, 6.07) is 0.433. The number of aromatic nitrogens is 2. The SMILES string of the molecule is CC(C)n1cncc1CN1CCC(CCC(=O)O)C1. The molecule has 0 saturated carbocycles. The number of carboxylic acids is 1. The average molecular weight is 265 g/mol. The first-order valence-corrected chi connectivity index (χ1v) is 7.01. The van der Waals surface area contributed by atoms with E-state index in [4.69, 9.17) is 5.11 Å². The molecule has 1 aromatic heterocycles. The summed E-state index contributed by atoms with van der Waals surface area (Å²) in [5.41, 5.74) is 1.24. The molecule has 0 aliphatic carbocycles. The number of carbonyl (C=O) groups is 1. The molecule has 1 fully saturated rings. The van der Waals surface area contributed by atoms with E-state index in [1.165, 1.54) is 5.69 Å². The fraction of sp³-hybridized carbons (Fsp3) is 0.714. The van der Waals surface area contributed by atoms with Gasteiger partial charge in [0.15, 0.2) is 0 Å². The van der Waals surface area contributed by atoms with Crippen LogP contribution >= 0.6 is 0 Å². The first kappa shape index (κ1) is 14.1. The van der Waals surface area contributed by atoms with Gasteiger partial charge in [-0.3, -0.25) is 9.69 Å². The van der Waals surface area contributed by atoms with E-state index in [9.17, 15) is 4.79 Å². The van der Waals surface area contributed by atoms with Crippen LogP contribution in [0.4, 0.5) is 0 Å². The maximum atomic E-state index is 10.6. The van der Waals surface area contributed by atoms with Crippen LogP contribution in [0.5, 0.6) is 0 Å². The smallest absolute Gasteiger partial charge is 0.303 e. The molecule has 1 aromatic rings. The summed E-state index contributed by atoms with van der Waals surface area (Å²) in [4.78, 5) is 17.2. The number of rotatable bonds is 6. The highest BCUT2D eigenvalue weighted by atomic mass is 16.4. The highest BCUT2D eigenvalue weighted by Gasteiger charge is 2.23. The molecule has 1 N–H and O–H groups in total. The normalized spacial score (nSPS) is 20.3. The summed E-state index contributed by atoms with van der Waals surface area (Å²) >= 11 is 0. The van der Waals surface area contributed by atoms with Crippen molar-refractivity contribution in [2.75, 3.05) is 13.1 Å². The van der Waals surface area contributed by atoms with Crippen molar-refractivity contribution < 1.29 is 9.90 Å². The third-order valence-electron chi connectivity index (χ3n) is 3.82. The predicted molar refractivity (Wildman–Crippen MR) is 72.9 cm³/mol. The molecule has 0 amide bonds. The van der Waals surface area contributed by atoms with Crippen molar-refractivity contribution in [3.63, 3.8) is 0 Å². The third-order valence-corrected chi connectivity index (χ3v) is 3.82.